The van der Waals surface area contributed by atoms with Crippen LogP contribution in [0.25, 0.3) is 11.0 Å². The van der Waals surface area contributed by atoms with Crippen LogP contribution in [0.3, 0.4) is 0 Å². The Bertz CT molecular complexity index is 389. The first-order valence-corrected chi connectivity index (χ1v) is 6.14. The van der Waals surface area contributed by atoms with Crippen LogP contribution in [0.1, 0.15) is 18.7 Å². The molecule has 0 aliphatic heterocycles. The number of nitrogens with zero attached hydrogens (tertiary/aromatic N) is 1. The van der Waals surface area contributed by atoms with Crippen molar-refractivity contribution >= 4 is 22.8 Å². The van der Waals surface area contributed by atoms with E-state index in [9.17, 15) is 0 Å². The Morgan fingerprint density at radius 3 is 2.93 bits per heavy atom. The number of rotatable bonds is 3. The Labute approximate surface area is 88.1 Å². The van der Waals surface area contributed by atoms with Crippen LogP contribution in [0.5, 0.6) is 0 Å². The van der Waals surface area contributed by atoms with Crippen LogP contribution in [-0.2, 0) is 0 Å². The fraction of sp³-hybridized carbons (Fsp3) is 0.364. The molecule has 14 heavy (non-hydrogen) atoms. The number of aromatic amines is 1. The molecule has 2 nitrogen and oxygen atoms in total. The van der Waals surface area contributed by atoms with E-state index in [1.165, 1.54) is 0 Å². The molecule has 1 atom stereocenters. The van der Waals surface area contributed by atoms with E-state index in [4.69, 9.17) is 0 Å². The number of thioether (sulfide) groups is 1. The number of para-hydroxylation sites is 2. The molecular weight excluding hydrogens is 192 g/mol. The van der Waals surface area contributed by atoms with Gasteiger partial charge in [-0.25, -0.2) is 4.98 Å². The number of hydrogen-bond donors (Lipinski definition) is 1. The molecule has 0 aliphatic carbocycles. The molecule has 0 amide bonds. The average molecular weight is 206 g/mol. The molecule has 1 aromatic carbocycles. The minimum Gasteiger partial charge on any atom is -0.342 e. The first-order valence-electron chi connectivity index (χ1n) is 4.75. The summed E-state index contributed by atoms with van der Waals surface area (Å²) in [4.78, 5) is 7.92. The second-order valence-electron chi connectivity index (χ2n) is 3.50. The molecule has 0 radical (unpaired) electrons. The zero-order chi connectivity index (χ0) is 9.97. The lowest BCUT2D eigenvalue weighted by atomic mass is 10.2. The van der Waals surface area contributed by atoms with E-state index < -0.39 is 0 Å². The van der Waals surface area contributed by atoms with E-state index in [1.807, 2.05) is 30.0 Å². The van der Waals surface area contributed by atoms with Crippen LogP contribution < -0.4 is 0 Å². The van der Waals surface area contributed by atoms with Crippen molar-refractivity contribution in [1.29, 1.82) is 0 Å². The second kappa shape index (κ2) is 4.05. The van der Waals surface area contributed by atoms with Gasteiger partial charge in [-0.05, 0) is 18.4 Å². The fourth-order valence-corrected chi connectivity index (χ4v) is 2.19. The second-order valence-corrected chi connectivity index (χ2v) is 4.41. The summed E-state index contributed by atoms with van der Waals surface area (Å²) in [5.41, 5.74) is 2.20. The molecule has 1 N–H and O–H groups in total. The zero-order valence-electron chi connectivity index (χ0n) is 8.45. The number of benzene rings is 1. The van der Waals surface area contributed by atoms with Gasteiger partial charge in [0.05, 0.1) is 11.0 Å². The van der Waals surface area contributed by atoms with Crippen LogP contribution in [0.4, 0.5) is 0 Å². The highest BCUT2D eigenvalue weighted by atomic mass is 32.2. The van der Waals surface area contributed by atoms with Crippen LogP contribution in [0.2, 0.25) is 0 Å². The summed E-state index contributed by atoms with van der Waals surface area (Å²) in [7, 11) is 0. The van der Waals surface area contributed by atoms with Gasteiger partial charge in [-0.2, -0.15) is 11.8 Å². The summed E-state index contributed by atoms with van der Waals surface area (Å²) < 4.78 is 0. The molecule has 1 heterocycles. The predicted molar refractivity (Wildman–Crippen MR) is 62.9 cm³/mol. The minimum atomic E-state index is 0.498. The Hall–Kier alpha value is -0.960. The molecule has 0 aliphatic rings. The van der Waals surface area contributed by atoms with E-state index in [1.54, 1.807) is 0 Å². The minimum absolute atomic E-state index is 0.498. The van der Waals surface area contributed by atoms with Gasteiger partial charge >= 0.3 is 0 Å². The van der Waals surface area contributed by atoms with Gasteiger partial charge in [0, 0.05) is 11.7 Å². The van der Waals surface area contributed by atoms with Gasteiger partial charge < -0.3 is 4.98 Å². The molecule has 3 heteroatoms. The van der Waals surface area contributed by atoms with Gasteiger partial charge in [-0.15, -0.1) is 0 Å². The van der Waals surface area contributed by atoms with E-state index >= 15 is 0 Å². The predicted octanol–water partition coefficient (Wildman–Crippen LogP) is 3.03. The largest absolute Gasteiger partial charge is 0.342 e. The Morgan fingerprint density at radius 2 is 2.21 bits per heavy atom. The third-order valence-electron chi connectivity index (χ3n) is 2.29. The Balaban J connectivity index is 2.35. The molecule has 1 aromatic heterocycles. The highest BCUT2D eigenvalue weighted by Crippen LogP contribution is 2.19. The lowest BCUT2D eigenvalue weighted by Crippen LogP contribution is -1.98. The molecule has 0 spiro atoms. The van der Waals surface area contributed by atoms with Gasteiger partial charge in [0.15, 0.2) is 0 Å². The molecule has 0 saturated carbocycles. The summed E-state index contributed by atoms with van der Waals surface area (Å²) in [6.45, 7) is 2.20. The third kappa shape index (κ3) is 1.77. The summed E-state index contributed by atoms with van der Waals surface area (Å²) in [6, 6.07) is 8.16. The summed E-state index contributed by atoms with van der Waals surface area (Å²) >= 11 is 1.85. The van der Waals surface area contributed by atoms with Gasteiger partial charge in [0.2, 0.25) is 0 Å². The Kier molecular flexibility index (Phi) is 2.77. The lowest BCUT2D eigenvalue weighted by molar-refractivity contribution is 0.811. The first-order chi connectivity index (χ1) is 6.81. The molecule has 2 aromatic rings. The van der Waals surface area contributed by atoms with Crippen molar-refractivity contribution in [2.45, 2.75) is 12.8 Å². The summed E-state index contributed by atoms with van der Waals surface area (Å²) in [6.07, 6.45) is 2.12. The van der Waals surface area contributed by atoms with Crippen molar-refractivity contribution < 1.29 is 0 Å². The maximum Gasteiger partial charge on any atom is 0.110 e. The number of imidazole rings is 1. The number of nitrogens with one attached hydrogen (secondary N) is 1. The normalized spacial score (nSPS) is 13.3. The quantitative estimate of drug-likeness (QED) is 0.836. The van der Waals surface area contributed by atoms with E-state index in [0.29, 0.717) is 5.92 Å². The standard InChI is InChI=1S/C11H14N2S/c1-8(7-14-2)11-12-9-5-3-4-6-10(9)13-11/h3-6,8H,7H2,1-2H3,(H,12,13). The van der Waals surface area contributed by atoms with E-state index in [2.05, 4.69) is 29.2 Å². The van der Waals surface area contributed by atoms with Gasteiger partial charge in [0.1, 0.15) is 5.82 Å². The highest BCUT2D eigenvalue weighted by molar-refractivity contribution is 7.98. The molecular formula is C11H14N2S. The van der Waals surface area contributed by atoms with Crippen molar-refractivity contribution in [2.75, 3.05) is 12.0 Å². The third-order valence-corrected chi connectivity index (χ3v) is 3.12. The molecule has 0 fully saturated rings. The van der Waals surface area contributed by atoms with Gasteiger partial charge in [-0.3, -0.25) is 0 Å². The van der Waals surface area contributed by atoms with Crippen molar-refractivity contribution in [3.63, 3.8) is 0 Å². The van der Waals surface area contributed by atoms with E-state index in [0.717, 1.165) is 22.6 Å². The smallest absolute Gasteiger partial charge is 0.110 e. The number of hydrogen-bond acceptors (Lipinski definition) is 2. The lowest BCUT2D eigenvalue weighted by Gasteiger charge is -2.04. The maximum absolute atomic E-state index is 4.56. The highest BCUT2D eigenvalue weighted by Gasteiger charge is 2.09. The van der Waals surface area contributed by atoms with Crippen molar-refractivity contribution in [1.82, 2.24) is 9.97 Å². The SMILES string of the molecule is CSCC(C)c1nc2ccccc2[nH]1. The summed E-state index contributed by atoms with van der Waals surface area (Å²) in [5.74, 6) is 2.71. The van der Waals surface area contributed by atoms with Gasteiger partial charge in [-0.1, -0.05) is 19.1 Å². The fourth-order valence-electron chi connectivity index (χ4n) is 1.53. The maximum atomic E-state index is 4.56. The van der Waals surface area contributed by atoms with Crippen LogP contribution in [0.15, 0.2) is 24.3 Å². The zero-order valence-corrected chi connectivity index (χ0v) is 9.27. The number of fused-ring (bicyclic) bond motifs is 1. The number of H-pyrrole nitrogens is 1. The molecule has 1 unspecified atom stereocenters. The molecule has 0 saturated heterocycles. The summed E-state index contributed by atoms with van der Waals surface area (Å²) in [5, 5.41) is 0. The average Bonchev–Trinajstić information content (AvgIpc) is 2.61. The van der Waals surface area contributed by atoms with Crippen molar-refractivity contribution in [2.24, 2.45) is 0 Å². The van der Waals surface area contributed by atoms with Crippen LogP contribution >= 0.6 is 11.8 Å². The molecule has 74 valence electrons. The van der Waals surface area contributed by atoms with Crippen LogP contribution in [0, 0.1) is 0 Å². The first kappa shape index (κ1) is 9.59. The molecule has 0 bridgehead atoms. The topological polar surface area (TPSA) is 28.7 Å². The Morgan fingerprint density at radius 1 is 1.43 bits per heavy atom. The van der Waals surface area contributed by atoms with E-state index in [-0.39, 0.29) is 0 Å². The monoisotopic (exact) mass is 206 g/mol. The van der Waals surface area contributed by atoms with Crippen molar-refractivity contribution in [3.8, 4) is 0 Å². The van der Waals surface area contributed by atoms with Crippen LogP contribution in [-0.4, -0.2) is 22.0 Å². The van der Waals surface area contributed by atoms with Crippen molar-refractivity contribution in [3.05, 3.63) is 30.1 Å². The number of aromatic nitrogens is 2. The molecule has 2 rings (SSSR count). The van der Waals surface area contributed by atoms with Gasteiger partial charge in [0.25, 0.3) is 0 Å².